The molecule has 3 aromatic rings. The van der Waals surface area contributed by atoms with Gasteiger partial charge in [0.1, 0.15) is 10.7 Å². The van der Waals surface area contributed by atoms with E-state index in [2.05, 4.69) is 14.9 Å². The summed E-state index contributed by atoms with van der Waals surface area (Å²) in [5.41, 5.74) is 1.49. The first-order chi connectivity index (χ1) is 11.4. The summed E-state index contributed by atoms with van der Waals surface area (Å²) in [5.74, 6) is -1.71. The summed E-state index contributed by atoms with van der Waals surface area (Å²) in [6.45, 7) is 1.38. The highest BCUT2D eigenvalue weighted by Crippen LogP contribution is 2.24. The fraction of sp³-hybridized carbons (Fsp3) is 0.0667. The van der Waals surface area contributed by atoms with Gasteiger partial charge in [-0.2, -0.15) is 5.10 Å². The molecular formula is C15H13N3O5S. The number of sulfonamides is 1. The van der Waals surface area contributed by atoms with Gasteiger partial charge in [0, 0.05) is 12.1 Å². The highest BCUT2D eigenvalue weighted by molar-refractivity contribution is 7.92. The Morgan fingerprint density at radius 3 is 2.58 bits per heavy atom. The van der Waals surface area contributed by atoms with E-state index in [-0.39, 0.29) is 16.5 Å². The molecule has 0 saturated heterocycles. The summed E-state index contributed by atoms with van der Waals surface area (Å²) < 4.78 is 32.0. The Morgan fingerprint density at radius 2 is 1.96 bits per heavy atom. The smallest absolute Gasteiger partial charge is 0.371 e. The molecule has 0 aliphatic carbocycles. The number of H-pyrrole nitrogens is 1. The maximum Gasteiger partial charge on any atom is 0.371 e. The van der Waals surface area contributed by atoms with Gasteiger partial charge in [-0.1, -0.05) is 30.3 Å². The van der Waals surface area contributed by atoms with Crippen LogP contribution in [0, 0.1) is 6.92 Å². The summed E-state index contributed by atoms with van der Waals surface area (Å²) in [5, 5.41) is 15.5. The van der Waals surface area contributed by atoms with E-state index in [1.165, 1.54) is 6.92 Å². The van der Waals surface area contributed by atoms with E-state index in [0.29, 0.717) is 5.69 Å². The van der Waals surface area contributed by atoms with Gasteiger partial charge in [0.2, 0.25) is 5.76 Å². The second-order valence-electron chi connectivity index (χ2n) is 4.97. The normalized spacial score (nSPS) is 11.4. The molecule has 0 saturated carbocycles. The van der Waals surface area contributed by atoms with Gasteiger partial charge >= 0.3 is 5.97 Å². The molecule has 0 spiro atoms. The van der Waals surface area contributed by atoms with Crippen LogP contribution in [-0.2, 0) is 10.0 Å². The van der Waals surface area contributed by atoms with E-state index in [0.717, 1.165) is 11.6 Å². The number of carboxylic acids is 1. The second kappa shape index (κ2) is 5.85. The molecule has 3 N–H and O–H groups in total. The predicted octanol–water partition coefficient (Wildman–Crippen LogP) is 2.48. The second-order valence-corrected chi connectivity index (χ2v) is 6.63. The Labute approximate surface area is 137 Å². The van der Waals surface area contributed by atoms with Crippen LogP contribution in [0.25, 0.3) is 11.3 Å². The van der Waals surface area contributed by atoms with Gasteiger partial charge in [-0.05, 0) is 12.5 Å². The highest BCUT2D eigenvalue weighted by atomic mass is 32.2. The molecule has 9 heteroatoms. The minimum absolute atomic E-state index is 0.0151. The largest absolute Gasteiger partial charge is 0.475 e. The molecule has 0 atom stereocenters. The number of carbonyl (C=O) groups is 1. The Kier molecular flexibility index (Phi) is 3.86. The van der Waals surface area contributed by atoms with Crippen molar-refractivity contribution in [2.45, 2.75) is 11.8 Å². The molecule has 0 amide bonds. The molecule has 2 aromatic heterocycles. The van der Waals surface area contributed by atoms with Gasteiger partial charge in [0.05, 0.1) is 5.69 Å². The topological polar surface area (TPSA) is 125 Å². The maximum atomic E-state index is 12.4. The van der Waals surface area contributed by atoms with Crippen molar-refractivity contribution in [2.75, 3.05) is 4.72 Å². The number of furan rings is 1. The molecule has 0 unspecified atom stereocenters. The molecule has 24 heavy (non-hydrogen) atoms. The lowest BCUT2D eigenvalue weighted by Gasteiger charge is -2.02. The third kappa shape index (κ3) is 3.01. The zero-order chi connectivity index (χ0) is 17.3. The van der Waals surface area contributed by atoms with Crippen molar-refractivity contribution in [1.82, 2.24) is 10.2 Å². The number of aromatic amines is 1. The minimum atomic E-state index is -4.02. The number of aryl methyl sites for hydroxylation is 1. The van der Waals surface area contributed by atoms with Crippen molar-refractivity contribution in [1.29, 1.82) is 0 Å². The van der Waals surface area contributed by atoms with Crippen molar-refractivity contribution in [2.24, 2.45) is 0 Å². The van der Waals surface area contributed by atoms with Crippen LogP contribution >= 0.6 is 0 Å². The van der Waals surface area contributed by atoms with Gasteiger partial charge in [0.15, 0.2) is 5.82 Å². The monoisotopic (exact) mass is 347 g/mol. The number of rotatable bonds is 5. The van der Waals surface area contributed by atoms with Crippen LogP contribution in [0.15, 0.2) is 51.8 Å². The van der Waals surface area contributed by atoms with E-state index < -0.39 is 21.8 Å². The van der Waals surface area contributed by atoms with Crippen LogP contribution in [0.4, 0.5) is 5.82 Å². The number of aromatic carboxylic acids is 1. The molecule has 0 aliphatic heterocycles. The van der Waals surface area contributed by atoms with Crippen LogP contribution < -0.4 is 4.72 Å². The summed E-state index contributed by atoms with van der Waals surface area (Å²) in [7, 11) is -4.02. The molecule has 0 radical (unpaired) electrons. The van der Waals surface area contributed by atoms with Crippen LogP contribution in [0.5, 0.6) is 0 Å². The molecule has 2 heterocycles. The predicted molar refractivity (Wildman–Crippen MR) is 85.2 cm³/mol. The lowest BCUT2D eigenvalue weighted by molar-refractivity contribution is 0.0661. The minimum Gasteiger partial charge on any atom is -0.475 e. The number of hydrogen-bond donors (Lipinski definition) is 3. The Morgan fingerprint density at radius 1 is 1.25 bits per heavy atom. The van der Waals surface area contributed by atoms with E-state index in [4.69, 9.17) is 9.52 Å². The summed E-state index contributed by atoms with van der Waals surface area (Å²) in [6.07, 6.45) is 0. The zero-order valence-corrected chi connectivity index (χ0v) is 13.3. The number of aromatic nitrogens is 2. The first-order valence-corrected chi connectivity index (χ1v) is 8.32. The lowest BCUT2D eigenvalue weighted by Crippen LogP contribution is -2.13. The van der Waals surface area contributed by atoms with E-state index in [1.807, 2.05) is 30.3 Å². The van der Waals surface area contributed by atoms with Crippen LogP contribution in [-0.4, -0.2) is 29.7 Å². The standard InChI is InChI=1S/C15H13N3O5S/c1-9-13(8-12(23-9)15(19)20)24(21,22)18-14-7-11(16-17-14)10-5-3-2-4-6-10/h2-8H,1H3,(H,19,20)(H2,16,17,18). The van der Waals surface area contributed by atoms with Crippen molar-refractivity contribution in [3.63, 3.8) is 0 Å². The quantitative estimate of drug-likeness (QED) is 0.651. The van der Waals surface area contributed by atoms with Crippen LogP contribution in [0.2, 0.25) is 0 Å². The summed E-state index contributed by atoms with van der Waals surface area (Å²) in [6, 6.07) is 11.8. The molecule has 1 aromatic carbocycles. The summed E-state index contributed by atoms with van der Waals surface area (Å²) in [4.78, 5) is 10.6. The average molecular weight is 347 g/mol. The van der Waals surface area contributed by atoms with Crippen molar-refractivity contribution >= 4 is 21.8 Å². The van der Waals surface area contributed by atoms with Crippen molar-refractivity contribution in [3.8, 4) is 11.3 Å². The first kappa shape index (κ1) is 15.8. The molecule has 8 nitrogen and oxygen atoms in total. The summed E-state index contributed by atoms with van der Waals surface area (Å²) >= 11 is 0. The van der Waals surface area contributed by atoms with Gasteiger partial charge in [-0.25, -0.2) is 13.2 Å². The average Bonchev–Trinajstić information content (AvgIpc) is 3.15. The van der Waals surface area contributed by atoms with E-state index >= 15 is 0 Å². The SMILES string of the molecule is Cc1oc(C(=O)O)cc1S(=O)(=O)Nc1cc(-c2ccccc2)[nH]n1. The van der Waals surface area contributed by atoms with Gasteiger partial charge in [-0.3, -0.25) is 9.82 Å². The maximum absolute atomic E-state index is 12.4. The number of carboxylic acid groups (broad SMARTS) is 1. The third-order valence-electron chi connectivity index (χ3n) is 3.27. The first-order valence-electron chi connectivity index (χ1n) is 6.84. The highest BCUT2D eigenvalue weighted by Gasteiger charge is 2.24. The van der Waals surface area contributed by atoms with E-state index in [9.17, 15) is 13.2 Å². The molecule has 3 rings (SSSR count). The molecule has 124 valence electrons. The van der Waals surface area contributed by atoms with Gasteiger partial charge in [0.25, 0.3) is 10.0 Å². The number of nitrogens with one attached hydrogen (secondary N) is 2. The van der Waals surface area contributed by atoms with Crippen LogP contribution in [0.1, 0.15) is 16.3 Å². The number of anilines is 1. The number of benzene rings is 1. The Bertz CT molecular complexity index is 989. The molecule has 0 aliphatic rings. The van der Waals surface area contributed by atoms with Gasteiger partial charge < -0.3 is 9.52 Å². The van der Waals surface area contributed by atoms with Crippen LogP contribution in [0.3, 0.4) is 0 Å². The lowest BCUT2D eigenvalue weighted by atomic mass is 10.2. The zero-order valence-electron chi connectivity index (χ0n) is 12.5. The Balaban J connectivity index is 1.88. The fourth-order valence-corrected chi connectivity index (χ4v) is 3.34. The molecular weight excluding hydrogens is 334 g/mol. The fourth-order valence-electron chi connectivity index (χ4n) is 2.17. The third-order valence-corrected chi connectivity index (χ3v) is 4.74. The number of nitrogens with zero attached hydrogens (tertiary/aromatic N) is 1. The molecule has 0 fully saturated rings. The van der Waals surface area contributed by atoms with Crippen molar-refractivity contribution in [3.05, 3.63) is 54.0 Å². The van der Waals surface area contributed by atoms with Gasteiger partial charge in [-0.15, -0.1) is 0 Å². The number of hydrogen-bond acceptors (Lipinski definition) is 5. The van der Waals surface area contributed by atoms with Crippen molar-refractivity contribution < 1.29 is 22.7 Å². The Hall–Kier alpha value is -3.07. The van der Waals surface area contributed by atoms with E-state index in [1.54, 1.807) is 6.07 Å². The molecule has 0 bridgehead atoms.